The lowest BCUT2D eigenvalue weighted by Crippen LogP contribution is -2.23. The van der Waals surface area contributed by atoms with Gasteiger partial charge in [-0.05, 0) is 33.6 Å². The van der Waals surface area contributed by atoms with E-state index in [0.717, 1.165) is 18.2 Å². The summed E-state index contributed by atoms with van der Waals surface area (Å²) in [7, 11) is 0. The van der Waals surface area contributed by atoms with Crippen molar-refractivity contribution in [2.45, 2.75) is 18.5 Å². The highest BCUT2D eigenvalue weighted by molar-refractivity contribution is 9.10. The normalized spacial score (nSPS) is 13.5. The molecule has 94 valence electrons. The molecule has 0 saturated carbocycles. The quantitative estimate of drug-likeness (QED) is 0.864. The molecule has 1 aromatic carbocycles. The molecule has 1 unspecified atom stereocenters. The van der Waals surface area contributed by atoms with Crippen LogP contribution in [-0.4, -0.2) is 17.3 Å². The van der Waals surface area contributed by atoms with Crippen molar-refractivity contribution in [2.75, 3.05) is 0 Å². The van der Waals surface area contributed by atoms with Gasteiger partial charge < -0.3 is 5.11 Å². The fourth-order valence-electron chi connectivity index (χ4n) is 1.33. The summed E-state index contributed by atoms with van der Waals surface area (Å²) in [4.78, 5) is 10.4. The Hall–Kier alpha value is -1.11. The molecule has 1 rings (SSSR count). The van der Waals surface area contributed by atoms with Crippen LogP contribution in [0.1, 0.15) is 17.9 Å². The third-order valence-corrected chi connectivity index (χ3v) is 2.73. The van der Waals surface area contributed by atoms with Crippen molar-refractivity contribution in [2.24, 2.45) is 0 Å². The standard InChI is InChI=1S/C10H7BrF4O2/c11-7-3-5(1-2-8(7)12)6(4-9(16)17)10(13,14)15/h1-3,6H,4H2,(H,16,17). The van der Waals surface area contributed by atoms with Crippen molar-refractivity contribution in [1.82, 2.24) is 0 Å². The average Bonchev–Trinajstić information content (AvgIpc) is 2.17. The van der Waals surface area contributed by atoms with E-state index in [9.17, 15) is 22.4 Å². The summed E-state index contributed by atoms with van der Waals surface area (Å²) < 4.78 is 50.6. The monoisotopic (exact) mass is 314 g/mol. The van der Waals surface area contributed by atoms with Crippen molar-refractivity contribution in [3.05, 3.63) is 34.1 Å². The molecule has 7 heteroatoms. The summed E-state index contributed by atoms with van der Waals surface area (Å²) in [5.41, 5.74) is -0.284. The first-order valence-electron chi connectivity index (χ1n) is 4.45. The van der Waals surface area contributed by atoms with E-state index in [-0.39, 0.29) is 10.0 Å². The van der Waals surface area contributed by atoms with E-state index >= 15 is 0 Å². The number of alkyl halides is 3. The first-order chi connectivity index (χ1) is 7.71. The third kappa shape index (κ3) is 3.69. The van der Waals surface area contributed by atoms with Crippen LogP contribution in [0.5, 0.6) is 0 Å². The van der Waals surface area contributed by atoms with E-state index in [0.29, 0.717) is 0 Å². The first kappa shape index (κ1) is 14.0. The predicted molar refractivity (Wildman–Crippen MR) is 55.1 cm³/mol. The highest BCUT2D eigenvalue weighted by atomic mass is 79.9. The van der Waals surface area contributed by atoms with Crippen LogP contribution in [0.2, 0.25) is 0 Å². The second-order valence-electron chi connectivity index (χ2n) is 3.37. The third-order valence-electron chi connectivity index (χ3n) is 2.12. The van der Waals surface area contributed by atoms with Crippen molar-refractivity contribution in [1.29, 1.82) is 0 Å². The summed E-state index contributed by atoms with van der Waals surface area (Å²) in [5, 5.41) is 8.45. The molecule has 1 atom stereocenters. The van der Waals surface area contributed by atoms with Crippen LogP contribution in [0, 0.1) is 5.82 Å². The number of hydrogen-bond acceptors (Lipinski definition) is 1. The fourth-order valence-corrected chi connectivity index (χ4v) is 1.72. The van der Waals surface area contributed by atoms with Crippen LogP contribution in [0.3, 0.4) is 0 Å². The van der Waals surface area contributed by atoms with Crippen LogP contribution in [0.15, 0.2) is 22.7 Å². The van der Waals surface area contributed by atoms with Crippen LogP contribution >= 0.6 is 15.9 Å². The molecule has 0 amide bonds. The Bertz CT molecular complexity index is 431. The molecular formula is C10H7BrF4O2. The molecule has 0 aromatic heterocycles. The lowest BCUT2D eigenvalue weighted by Gasteiger charge is -2.19. The van der Waals surface area contributed by atoms with Gasteiger partial charge in [0.1, 0.15) is 5.82 Å². The van der Waals surface area contributed by atoms with Crippen LogP contribution < -0.4 is 0 Å². The molecule has 2 nitrogen and oxygen atoms in total. The van der Waals surface area contributed by atoms with Crippen LogP contribution in [0.25, 0.3) is 0 Å². The van der Waals surface area contributed by atoms with Crippen molar-refractivity contribution >= 4 is 21.9 Å². The highest BCUT2D eigenvalue weighted by Crippen LogP contribution is 2.38. The number of halogens is 5. The van der Waals surface area contributed by atoms with Crippen molar-refractivity contribution in [3.8, 4) is 0 Å². The zero-order valence-corrected chi connectivity index (χ0v) is 9.85. The summed E-state index contributed by atoms with van der Waals surface area (Å²) in [6.45, 7) is 0. The van der Waals surface area contributed by atoms with Crippen LogP contribution in [0.4, 0.5) is 17.6 Å². The number of benzene rings is 1. The Kier molecular flexibility index (Phi) is 4.13. The van der Waals surface area contributed by atoms with Gasteiger partial charge in [0.05, 0.1) is 16.8 Å². The predicted octanol–water partition coefficient (Wildman–Crippen LogP) is 3.71. The highest BCUT2D eigenvalue weighted by Gasteiger charge is 2.42. The molecule has 1 N–H and O–H groups in total. The van der Waals surface area contributed by atoms with E-state index in [2.05, 4.69) is 15.9 Å². The van der Waals surface area contributed by atoms with E-state index in [1.165, 1.54) is 0 Å². The van der Waals surface area contributed by atoms with E-state index in [1.807, 2.05) is 0 Å². The summed E-state index contributed by atoms with van der Waals surface area (Å²) in [6, 6.07) is 2.73. The molecule has 0 aliphatic carbocycles. The maximum atomic E-state index is 12.9. The van der Waals surface area contributed by atoms with Gasteiger partial charge in [-0.2, -0.15) is 13.2 Å². The number of rotatable bonds is 3. The minimum Gasteiger partial charge on any atom is -0.481 e. The topological polar surface area (TPSA) is 37.3 Å². The largest absolute Gasteiger partial charge is 0.481 e. The Labute approximate surface area is 102 Å². The average molecular weight is 315 g/mol. The second kappa shape index (κ2) is 5.03. The van der Waals surface area contributed by atoms with Gasteiger partial charge in [-0.15, -0.1) is 0 Å². The molecule has 0 spiro atoms. The van der Waals surface area contributed by atoms with Crippen LogP contribution in [-0.2, 0) is 4.79 Å². The van der Waals surface area contributed by atoms with Gasteiger partial charge >= 0.3 is 12.1 Å². The summed E-state index contributed by atoms with van der Waals surface area (Å²) in [6.07, 6.45) is -5.77. The second-order valence-corrected chi connectivity index (χ2v) is 4.22. The Morgan fingerprint density at radius 2 is 2.00 bits per heavy atom. The molecule has 0 radical (unpaired) electrons. The van der Waals surface area contributed by atoms with Gasteiger partial charge in [0.15, 0.2) is 0 Å². The molecule has 17 heavy (non-hydrogen) atoms. The zero-order valence-electron chi connectivity index (χ0n) is 8.26. The smallest absolute Gasteiger partial charge is 0.396 e. The number of aliphatic carboxylic acids is 1. The van der Waals surface area contributed by atoms with Crippen molar-refractivity contribution < 1.29 is 27.5 Å². The summed E-state index contributed by atoms with van der Waals surface area (Å²) in [5.74, 6) is -4.41. The molecule has 0 bridgehead atoms. The maximum absolute atomic E-state index is 12.9. The van der Waals surface area contributed by atoms with Gasteiger partial charge in [0.2, 0.25) is 0 Å². The van der Waals surface area contributed by atoms with Gasteiger partial charge in [-0.1, -0.05) is 6.07 Å². The Morgan fingerprint density at radius 3 is 2.41 bits per heavy atom. The number of carboxylic acid groups (broad SMARTS) is 1. The minimum absolute atomic E-state index is 0.130. The van der Waals surface area contributed by atoms with Gasteiger partial charge in [0.25, 0.3) is 0 Å². The number of carbonyl (C=O) groups is 1. The van der Waals surface area contributed by atoms with E-state index < -0.39 is 30.3 Å². The first-order valence-corrected chi connectivity index (χ1v) is 5.24. The van der Waals surface area contributed by atoms with Crippen molar-refractivity contribution in [3.63, 3.8) is 0 Å². The molecule has 0 aliphatic rings. The lowest BCUT2D eigenvalue weighted by atomic mass is 9.95. The fraction of sp³-hybridized carbons (Fsp3) is 0.300. The molecule has 0 saturated heterocycles. The number of carboxylic acids is 1. The van der Waals surface area contributed by atoms with Gasteiger partial charge in [-0.25, -0.2) is 4.39 Å². The molecular weight excluding hydrogens is 308 g/mol. The molecule has 0 heterocycles. The molecule has 0 fully saturated rings. The van der Waals surface area contributed by atoms with Gasteiger partial charge in [-0.3, -0.25) is 4.79 Å². The molecule has 1 aromatic rings. The SMILES string of the molecule is O=C(O)CC(c1ccc(F)c(Br)c1)C(F)(F)F. The minimum atomic E-state index is -4.68. The Morgan fingerprint density at radius 1 is 1.41 bits per heavy atom. The zero-order chi connectivity index (χ0) is 13.2. The molecule has 0 aliphatic heterocycles. The number of hydrogen-bond donors (Lipinski definition) is 1. The Balaban J connectivity index is 3.13. The van der Waals surface area contributed by atoms with Gasteiger partial charge in [0, 0.05) is 0 Å². The lowest BCUT2D eigenvalue weighted by molar-refractivity contribution is -0.163. The summed E-state index contributed by atoms with van der Waals surface area (Å²) >= 11 is 2.76. The van der Waals surface area contributed by atoms with E-state index in [4.69, 9.17) is 5.11 Å². The van der Waals surface area contributed by atoms with E-state index in [1.54, 1.807) is 0 Å². The maximum Gasteiger partial charge on any atom is 0.396 e.